The number of pyridine rings is 1. The summed E-state index contributed by atoms with van der Waals surface area (Å²) in [5.41, 5.74) is 9.11. The van der Waals surface area contributed by atoms with Crippen LogP contribution in [0.1, 0.15) is 21.6 Å². The predicted octanol–water partition coefficient (Wildman–Crippen LogP) is 4.01. The van der Waals surface area contributed by atoms with E-state index in [2.05, 4.69) is 4.98 Å². The number of nitrogens with zero attached hydrogens (tertiary/aromatic N) is 1. The van der Waals surface area contributed by atoms with Crippen LogP contribution in [-0.2, 0) is 0 Å². The number of benzene rings is 2. The summed E-state index contributed by atoms with van der Waals surface area (Å²) in [4.78, 5) is 17.0. The van der Waals surface area contributed by atoms with Gasteiger partial charge in [-0.25, -0.2) is 0 Å². The molecule has 3 aromatic rings. The van der Waals surface area contributed by atoms with Crippen LogP contribution in [0.25, 0.3) is 10.9 Å². The summed E-state index contributed by atoms with van der Waals surface area (Å²) in [6.45, 7) is 1.94. The number of halogens is 1. The van der Waals surface area contributed by atoms with Gasteiger partial charge < -0.3 is 5.73 Å². The monoisotopic (exact) mass is 296 g/mol. The smallest absolute Gasteiger partial charge is 0.193 e. The van der Waals surface area contributed by atoms with Crippen molar-refractivity contribution in [2.24, 2.45) is 0 Å². The van der Waals surface area contributed by atoms with E-state index in [1.165, 1.54) is 0 Å². The second kappa shape index (κ2) is 5.19. The van der Waals surface area contributed by atoms with Gasteiger partial charge in [0.15, 0.2) is 5.78 Å². The fourth-order valence-electron chi connectivity index (χ4n) is 2.28. The van der Waals surface area contributed by atoms with Crippen LogP contribution in [0.3, 0.4) is 0 Å². The lowest BCUT2D eigenvalue weighted by molar-refractivity contribution is 0.103. The molecule has 21 heavy (non-hydrogen) atoms. The van der Waals surface area contributed by atoms with Crippen molar-refractivity contribution in [3.05, 3.63) is 70.4 Å². The minimum absolute atomic E-state index is 0.105. The largest absolute Gasteiger partial charge is 0.399 e. The molecule has 0 aliphatic carbocycles. The van der Waals surface area contributed by atoms with Gasteiger partial charge >= 0.3 is 0 Å². The van der Waals surface area contributed by atoms with Crippen LogP contribution in [0.15, 0.2) is 48.5 Å². The molecule has 0 fully saturated rings. The summed E-state index contributed by atoms with van der Waals surface area (Å²) in [5.74, 6) is -0.105. The molecule has 104 valence electrons. The maximum Gasteiger partial charge on any atom is 0.193 e. The molecule has 4 heteroatoms. The first-order chi connectivity index (χ1) is 10.0. The third-order valence-electron chi connectivity index (χ3n) is 3.27. The average molecular weight is 297 g/mol. The molecule has 0 atom stereocenters. The standard InChI is InChI=1S/C17H13ClN2O/c1-10-2-3-11-6-12(4-5-16(11)20-10)17(21)13-7-14(18)9-15(19)8-13/h2-9H,19H2,1H3. The Morgan fingerprint density at radius 2 is 1.86 bits per heavy atom. The van der Waals surface area contributed by atoms with Crippen LogP contribution in [0, 0.1) is 6.92 Å². The molecule has 3 nitrogen and oxygen atoms in total. The number of nitrogens with two attached hydrogens (primary N) is 1. The quantitative estimate of drug-likeness (QED) is 0.574. The van der Waals surface area contributed by atoms with Gasteiger partial charge in [0.25, 0.3) is 0 Å². The highest BCUT2D eigenvalue weighted by molar-refractivity contribution is 6.31. The number of aromatic nitrogens is 1. The molecule has 2 N–H and O–H groups in total. The molecule has 2 aromatic carbocycles. The van der Waals surface area contributed by atoms with Crippen molar-refractivity contribution < 1.29 is 4.79 Å². The first kappa shape index (κ1) is 13.6. The average Bonchev–Trinajstić information content (AvgIpc) is 2.45. The van der Waals surface area contributed by atoms with Crippen LogP contribution < -0.4 is 5.73 Å². The number of carbonyl (C=O) groups excluding carboxylic acids is 1. The zero-order chi connectivity index (χ0) is 15.0. The maximum absolute atomic E-state index is 12.5. The molecular formula is C17H13ClN2O. The van der Waals surface area contributed by atoms with Crippen molar-refractivity contribution in [1.29, 1.82) is 0 Å². The van der Waals surface area contributed by atoms with Gasteiger partial charge in [-0.1, -0.05) is 17.7 Å². The van der Waals surface area contributed by atoms with Gasteiger partial charge in [0, 0.05) is 32.9 Å². The number of rotatable bonds is 2. The molecule has 0 aliphatic heterocycles. The lowest BCUT2D eigenvalue weighted by Crippen LogP contribution is -2.02. The van der Waals surface area contributed by atoms with Gasteiger partial charge in [0.1, 0.15) is 0 Å². The van der Waals surface area contributed by atoms with E-state index in [1.807, 2.05) is 31.2 Å². The van der Waals surface area contributed by atoms with Gasteiger partial charge in [-0.05, 0) is 49.4 Å². The summed E-state index contributed by atoms with van der Waals surface area (Å²) in [6.07, 6.45) is 0. The minimum Gasteiger partial charge on any atom is -0.399 e. The Hall–Kier alpha value is -2.39. The first-order valence-electron chi connectivity index (χ1n) is 6.51. The van der Waals surface area contributed by atoms with Crippen LogP contribution in [0.5, 0.6) is 0 Å². The fraction of sp³-hybridized carbons (Fsp3) is 0.0588. The molecule has 0 amide bonds. The Morgan fingerprint density at radius 3 is 2.62 bits per heavy atom. The molecule has 0 bridgehead atoms. The Kier molecular flexibility index (Phi) is 3.35. The van der Waals surface area contributed by atoms with Gasteiger partial charge in [0.2, 0.25) is 0 Å². The highest BCUT2D eigenvalue weighted by Crippen LogP contribution is 2.21. The summed E-state index contributed by atoms with van der Waals surface area (Å²) < 4.78 is 0. The fourth-order valence-corrected chi connectivity index (χ4v) is 2.52. The Morgan fingerprint density at radius 1 is 1.05 bits per heavy atom. The number of hydrogen-bond donors (Lipinski definition) is 1. The third kappa shape index (κ3) is 2.73. The number of hydrogen-bond acceptors (Lipinski definition) is 3. The van der Waals surface area contributed by atoms with Gasteiger partial charge in [-0.3, -0.25) is 9.78 Å². The van der Waals surface area contributed by atoms with Crippen molar-refractivity contribution >= 4 is 34.0 Å². The molecule has 0 radical (unpaired) electrons. The van der Waals surface area contributed by atoms with Crippen molar-refractivity contribution in [1.82, 2.24) is 4.98 Å². The molecule has 0 unspecified atom stereocenters. The highest BCUT2D eigenvalue weighted by atomic mass is 35.5. The van der Waals surface area contributed by atoms with E-state index in [-0.39, 0.29) is 5.78 Å². The van der Waals surface area contributed by atoms with E-state index >= 15 is 0 Å². The maximum atomic E-state index is 12.5. The first-order valence-corrected chi connectivity index (χ1v) is 6.89. The van der Waals surface area contributed by atoms with Crippen LogP contribution in [0.4, 0.5) is 5.69 Å². The molecule has 3 rings (SSSR count). The lowest BCUT2D eigenvalue weighted by Gasteiger charge is -2.05. The second-order valence-corrected chi connectivity index (χ2v) is 5.40. The number of aryl methyl sites for hydroxylation is 1. The van der Waals surface area contributed by atoms with Crippen LogP contribution in [-0.4, -0.2) is 10.8 Å². The normalized spacial score (nSPS) is 10.8. The Balaban J connectivity index is 2.07. The molecule has 0 saturated carbocycles. The molecule has 0 spiro atoms. The molecule has 1 heterocycles. The Bertz CT molecular complexity index is 838. The van der Waals surface area contributed by atoms with Crippen molar-refractivity contribution in [2.75, 3.05) is 5.73 Å². The van der Waals surface area contributed by atoms with E-state index in [0.29, 0.717) is 21.8 Å². The summed E-state index contributed by atoms with van der Waals surface area (Å²) in [5, 5.41) is 1.39. The van der Waals surface area contributed by atoms with Gasteiger partial charge in [-0.15, -0.1) is 0 Å². The number of carbonyl (C=O) groups is 1. The number of nitrogen functional groups attached to an aromatic ring is 1. The highest BCUT2D eigenvalue weighted by Gasteiger charge is 2.11. The van der Waals surface area contributed by atoms with Crippen molar-refractivity contribution in [2.45, 2.75) is 6.92 Å². The molecule has 0 aliphatic rings. The van der Waals surface area contributed by atoms with E-state index < -0.39 is 0 Å². The van der Waals surface area contributed by atoms with Crippen LogP contribution in [0.2, 0.25) is 5.02 Å². The van der Waals surface area contributed by atoms with E-state index in [1.54, 1.807) is 24.3 Å². The van der Waals surface area contributed by atoms with Crippen molar-refractivity contribution in [3.63, 3.8) is 0 Å². The predicted molar refractivity (Wildman–Crippen MR) is 85.8 cm³/mol. The molecular weight excluding hydrogens is 284 g/mol. The van der Waals surface area contributed by atoms with Gasteiger partial charge in [-0.2, -0.15) is 0 Å². The number of anilines is 1. The summed E-state index contributed by atoms with van der Waals surface area (Å²) >= 11 is 5.95. The van der Waals surface area contributed by atoms with Crippen LogP contribution >= 0.6 is 11.6 Å². The lowest BCUT2D eigenvalue weighted by atomic mass is 10.0. The second-order valence-electron chi connectivity index (χ2n) is 4.96. The van der Waals surface area contributed by atoms with Gasteiger partial charge in [0.05, 0.1) is 5.52 Å². The SMILES string of the molecule is Cc1ccc2cc(C(=O)c3cc(N)cc(Cl)c3)ccc2n1. The van der Waals surface area contributed by atoms with E-state index in [0.717, 1.165) is 16.6 Å². The third-order valence-corrected chi connectivity index (χ3v) is 3.49. The topological polar surface area (TPSA) is 56.0 Å². The zero-order valence-electron chi connectivity index (χ0n) is 11.4. The van der Waals surface area contributed by atoms with E-state index in [4.69, 9.17) is 17.3 Å². The molecule has 1 aromatic heterocycles. The Labute approximate surface area is 127 Å². The van der Waals surface area contributed by atoms with Crippen molar-refractivity contribution in [3.8, 4) is 0 Å². The summed E-state index contributed by atoms with van der Waals surface area (Å²) in [6, 6.07) is 14.2. The molecule has 0 saturated heterocycles. The number of fused-ring (bicyclic) bond motifs is 1. The number of ketones is 1. The zero-order valence-corrected chi connectivity index (χ0v) is 12.2. The van der Waals surface area contributed by atoms with E-state index in [9.17, 15) is 4.79 Å². The minimum atomic E-state index is -0.105. The summed E-state index contributed by atoms with van der Waals surface area (Å²) in [7, 11) is 0.